The van der Waals surface area contributed by atoms with Crippen molar-refractivity contribution < 1.29 is 5.11 Å². The van der Waals surface area contributed by atoms with E-state index in [2.05, 4.69) is 61.3 Å². The molecule has 1 aliphatic rings. The van der Waals surface area contributed by atoms with Crippen molar-refractivity contribution in [2.45, 2.75) is 50.7 Å². The molecule has 0 amide bonds. The van der Waals surface area contributed by atoms with Gasteiger partial charge in [-0.05, 0) is 42.9 Å². The maximum Gasteiger partial charge on any atom is 0.165 e. The summed E-state index contributed by atoms with van der Waals surface area (Å²) in [5, 5.41) is 16.0. The topological polar surface area (TPSA) is 89.3 Å². The molecule has 6 nitrogen and oxygen atoms in total. The summed E-state index contributed by atoms with van der Waals surface area (Å²) in [5.41, 5.74) is 13.0. The monoisotopic (exact) mass is 463 g/mol. The van der Waals surface area contributed by atoms with E-state index in [1.54, 1.807) is 0 Å². The van der Waals surface area contributed by atoms with Crippen molar-refractivity contribution in [2.24, 2.45) is 5.73 Å². The van der Waals surface area contributed by atoms with Gasteiger partial charge in [-0.3, -0.25) is 0 Å². The Labute approximate surface area is 204 Å². The van der Waals surface area contributed by atoms with Gasteiger partial charge < -0.3 is 10.8 Å². The molecule has 176 valence electrons. The first-order valence-corrected chi connectivity index (χ1v) is 12.1. The predicted octanol–water partition coefficient (Wildman–Crippen LogP) is 5.43. The molecule has 35 heavy (non-hydrogen) atoms. The fraction of sp³-hybridized carbons (Fsp3) is 0.276. The number of benzene rings is 2. The number of nitrogens with zero attached hydrogens (tertiary/aromatic N) is 4. The smallest absolute Gasteiger partial charge is 0.165 e. The number of hydrogen-bond acceptors (Lipinski definition) is 5. The summed E-state index contributed by atoms with van der Waals surface area (Å²) >= 11 is 0. The van der Waals surface area contributed by atoms with E-state index < -0.39 is 11.1 Å². The number of nitrogens with two attached hydrogens (primary N) is 1. The van der Waals surface area contributed by atoms with Gasteiger partial charge in [0.05, 0.1) is 17.0 Å². The largest absolute Gasteiger partial charge is 0.390 e. The highest BCUT2D eigenvalue weighted by Gasteiger charge is 2.49. The number of rotatable bonds is 4. The number of fused-ring (bicyclic) bond motifs is 3. The number of aromatic nitrogens is 4. The van der Waals surface area contributed by atoms with Crippen LogP contribution < -0.4 is 5.73 Å². The third kappa shape index (κ3) is 3.70. The molecule has 5 aromatic rings. The predicted molar refractivity (Wildman–Crippen MR) is 139 cm³/mol. The van der Waals surface area contributed by atoms with E-state index in [9.17, 15) is 5.11 Å². The van der Waals surface area contributed by atoms with Gasteiger partial charge in [-0.2, -0.15) is 9.61 Å². The summed E-state index contributed by atoms with van der Waals surface area (Å²) < 4.78 is 1.85. The molecular formula is C29H29N5O. The molecule has 0 atom stereocenters. The Morgan fingerprint density at radius 2 is 1.69 bits per heavy atom. The van der Waals surface area contributed by atoms with E-state index in [0.29, 0.717) is 18.8 Å². The average molecular weight is 464 g/mol. The van der Waals surface area contributed by atoms with Crippen molar-refractivity contribution >= 4 is 16.7 Å². The Balaban J connectivity index is 1.53. The lowest BCUT2D eigenvalue weighted by Crippen LogP contribution is -2.58. The molecule has 2 aromatic carbocycles. The van der Waals surface area contributed by atoms with Crippen molar-refractivity contribution in [2.75, 3.05) is 0 Å². The van der Waals surface area contributed by atoms with Crippen molar-refractivity contribution in [1.29, 1.82) is 0 Å². The number of hydrogen-bond donors (Lipinski definition) is 2. The molecular weight excluding hydrogens is 434 g/mol. The molecule has 0 unspecified atom stereocenters. The van der Waals surface area contributed by atoms with Crippen molar-refractivity contribution in [3.05, 3.63) is 84.2 Å². The third-order valence-corrected chi connectivity index (χ3v) is 7.08. The van der Waals surface area contributed by atoms with Crippen molar-refractivity contribution in [1.82, 2.24) is 19.6 Å². The molecule has 0 radical (unpaired) electrons. The van der Waals surface area contributed by atoms with E-state index in [0.717, 1.165) is 50.3 Å². The molecule has 3 aromatic heterocycles. The van der Waals surface area contributed by atoms with Gasteiger partial charge in [0.2, 0.25) is 0 Å². The van der Waals surface area contributed by atoms with E-state index in [4.69, 9.17) is 15.8 Å². The van der Waals surface area contributed by atoms with E-state index >= 15 is 0 Å². The Morgan fingerprint density at radius 3 is 2.34 bits per heavy atom. The zero-order valence-corrected chi connectivity index (χ0v) is 20.2. The van der Waals surface area contributed by atoms with Crippen LogP contribution in [0.2, 0.25) is 0 Å². The normalized spacial score (nSPS) is 22.1. The Hall–Kier alpha value is -3.61. The van der Waals surface area contributed by atoms with Gasteiger partial charge in [0, 0.05) is 34.3 Å². The summed E-state index contributed by atoms with van der Waals surface area (Å²) in [5.74, 6) is 0.304. The third-order valence-electron chi connectivity index (χ3n) is 7.08. The standard InChI is InChI=1S/C29H29N5O/c1-18(2)24-14-25-31-15-21-13-23(19-7-5-4-6-8-19)26(32-27(21)34(25)33-24)20-9-11-22(12-10-20)29(30)16-28(3,35)17-29/h4-15,18,35H,16-17,30H2,1-3H3/t28-,29-. The number of aliphatic hydroxyl groups is 1. The quantitative estimate of drug-likeness (QED) is 0.371. The van der Waals surface area contributed by atoms with Crippen LogP contribution in [-0.2, 0) is 5.54 Å². The van der Waals surface area contributed by atoms with Gasteiger partial charge >= 0.3 is 0 Å². The minimum absolute atomic E-state index is 0.304. The van der Waals surface area contributed by atoms with Gasteiger partial charge in [-0.1, -0.05) is 68.4 Å². The highest BCUT2D eigenvalue weighted by Crippen LogP contribution is 2.46. The second kappa shape index (κ2) is 7.70. The fourth-order valence-electron chi connectivity index (χ4n) is 5.37. The van der Waals surface area contributed by atoms with Crippen LogP contribution >= 0.6 is 0 Å². The zero-order chi connectivity index (χ0) is 24.4. The van der Waals surface area contributed by atoms with Crippen LogP contribution in [0.25, 0.3) is 39.1 Å². The maximum absolute atomic E-state index is 10.2. The zero-order valence-electron chi connectivity index (χ0n) is 20.2. The van der Waals surface area contributed by atoms with Crippen LogP contribution in [0.4, 0.5) is 0 Å². The van der Waals surface area contributed by atoms with Crippen LogP contribution in [0.15, 0.2) is 72.9 Å². The van der Waals surface area contributed by atoms with Gasteiger partial charge in [-0.15, -0.1) is 0 Å². The highest BCUT2D eigenvalue weighted by molar-refractivity contribution is 5.90. The first-order valence-electron chi connectivity index (χ1n) is 12.1. The van der Waals surface area contributed by atoms with Crippen LogP contribution in [0.5, 0.6) is 0 Å². The minimum atomic E-state index is -0.689. The van der Waals surface area contributed by atoms with E-state index in [-0.39, 0.29) is 0 Å². The van der Waals surface area contributed by atoms with Crippen molar-refractivity contribution in [3.63, 3.8) is 0 Å². The van der Waals surface area contributed by atoms with Gasteiger partial charge in [0.1, 0.15) is 0 Å². The Kier molecular flexibility index (Phi) is 4.82. The number of pyridine rings is 1. The lowest BCUT2D eigenvalue weighted by molar-refractivity contribution is -0.0738. The molecule has 1 fully saturated rings. The molecule has 6 heteroatoms. The molecule has 3 heterocycles. The van der Waals surface area contributed by atoms with Crippen LogP contribution in [0, 0.1) is 0 Å². The lowest BCUT2D eigenvalue weighted by Gasteiger charge is -2.49. The van der Waals surface area contributed by atoms with Gasteiger partial charge in [0.15, 0.2) is 11.3 Å². The van der Waals surface area contributed by atoms with Crippen LogP contribution in [0.3, 0.4) is 0 Å². The first-order chi connectivity index (χ1) is 16.7. The summed E-state index contributed by atoms with van der Waals surface area (Å²) in [6.45, 7) is 6.10. The van der Waals surface area contributed by atoms with E-state index in [1.807, 2.05) is 41.9 Å². The fourth-order valence-corrected chi connectivity index (χ4v) is 5.37. The minimum Gasteiger partial charge on any atom is -0.390 e. The Morgan fingerprint density at radius 1 is 0.971 bits per heavy atom. The second-order valence-corrected chi connectivity index (χ2v) is 10.5. The maximum atomic E-state index is 10.2. The van der Waals surface area contributed by atoms with Crippen LogP contribution in [0.1, 0.15) is 50.8 Å². The highest BCUT2D eigenvalue weighted by atomic mass is 16.3. The summed E-state index contributed by atoms with van der Waals surface area (Å²) in [4.78, 5) is 9.80. The molecule has 1 saturated carbocycles. The average Bonchev–Trinajstić information content (AvgIpc) is 3.28. The summed E-state index contributed by atoms with van der Waals surface area (Å²) in [7, 11) is 0. The lowest BCUT2D eigenvalue weighted by atomic mass is 9.63. The molecule has 6 rings (SSSR count). The molecule has 0 spiro atoms. The molecule has 0 saturated heterocycles. The van der Waals surface area contributed by atoms with Gasteiger partial charge in [0.25, 0.3) is 0 Å². The summed E-state index contributed by atoms with van der Waals surface area (Å²) in [6, 6.07) is 22.8. The summed E-state index contributed by atoms with van der Waals surface area (Å²) in [6.07, 6.45) is 3.00. The van der Waals surface area contributed by atoms with Crippen molar-refractivity contribution in [3.8, 4) is 22.4 Å². The molecule has 0 aliphatic heterocycles. The molecule has 0 bridgehead atoms. The first kappa shape index (κ1) is 21.9. The second-order valence-electron chi connectivity index (χ2n) is 10.5. The molecule has 1 aliphatic carbocycles. The van der Waals surface area contributed by atoms with E-state index in [1.165, 1.54) is 0 Å². The SMILES string of the molecule is CC(C)c1cc2ncc3cc(-c4ccccc4)c(-c4ccc([C@]5(N)C[C@](C)(O)C5)cc4)nc3n2n1. The molecule has 3 N–H and O–H groups in total. The van der Waals surface area contributed by atoms with Crippen LogP contribution in [-0.4, -0.2) is 30.3 Å². The van der Waals surface area contributed by atoms with Gasteiger partial charge in [-0.25, -0.2) is 9.97 Å². The Bertz CT molecular complexity index is 1540.